The quantitative estimate of drug-likeness (QED) is 0.258. The number of likely N-dealkylation sites (N-methyl/N-ethyl adjacent to an activating group) is 1. The Hall–Kier alpha value is -1.85. The lowest BCUT2D eigenvalue weighted by molar-refractivity contribution is -0.118. The summed E-state index contributed by atoms with van der Waals surface area (Å²) in [5, 5.41) is 0.538. The van der Waals surface area contributed by atoms with E-state index < -0.39 is 9.84 Å². The van der Waals surface area contributed by atoms with Crippen molar-refractivity contribution in [2.24, 2.45) is 0 Å². The molecule has 0 radical (unpaired) electrons. The number of halogens is 1. The number of sulfone groups is 1. The molecule has 0 saturated carbocycles. The number of para-hydroxylation sites is 1. The van der Waals surface area contributed by atoms with E-state index in [1.54, 1.807) is 35.9 Å². The maximum atomic E-state index is 13.1. The molecule has 3 aromatic rings. The fraction of sp³-hybridized carbons (Fsp3) is 0.391. The highest BCUT2D eigenvalue weighted by Crippen LogP contribution is 2.33. The van der Waals surface area contributed by atoms with Gasteiger partial charge in [-0.2, -0.15) is 0 Å². The van der Waals surface area contributed by atoms with Crippen LogP contribution >= 0.6 is 35.5 Å². The van der Waals surface area contributed by atoms with Crippen LogP contribution in [0, 0.1) is 0 Å². The van der Waals surface area contributed by atoms with Gasteiger partial charge in [-0.05, 0) is 62.7 Å². The largest absolute Gasteiger partial charge is 0.497 e. The van der Waals surface area contributed by atoms with Crippen molar-refractivity contribution in [3.05, 3.63) is 42.5 Å². The number of fused-ring (bicyclic) bond motifs is 1. The number of nitrogens with zero attached hydrogens (tertiary/aromatic N) is 3. The van der Waals surface area contributed by atoms with Gasteiger partial charge >= 0.3 is 0 Å². The molecule has 0 saturated heterocycles. The van der Waals surface area contributed by atoms with Gasteiger partial charge in [0, 0.05) is 30.7 Å². The van der Waals surface area contributed by atoms with Crippen molar-refractivity contribution in [3.63, 3.8) is 0 Å². The van der Waals surface area contributed by atoms with E-state index in [1.807, 2.05) is 49.3 Å². The number of anilines is 1. The van der Waals surface area contributed by atoms with Gasteiger partial charge in [-0.1, -0.05) is 17.4 Å². The van der Waals surface area contributed by atoms with E-state index in [4.69, 9.17) is 4.74 Å². The van der Waals surface area contributed by atoms with Crippen LogP contribution in [0.15, 0.2) is 52.3 Å². The maximum Gasteiger partial charge on any atom is 0.228 e. The minimum absolute atomic E-state index is 0. The molecule has 1 heterocycles. The first kappa shape index (κ1) is 28.4. The lowest BCUT2D eigenvalue weighted by Gasteiger charge is -2.22. The van der Waals surface area contributed by atoms with E-state index in [9.17, 15) is 13.2 Å². The molecule has 3 rings (SSSR count). The molecule has 186 valence electrons. The van der Waals surface area contributed by atoms with E-state index in [0.29, 0.717) is 30.2 Å². The van der Waals surface area contributed by atoms with Gasteiger partial charge in [0.1, 0.15) is 11.3 Å². The van der Waals surface area contributed by atoms with Crippen molar-refractivity contribution >= 4 is 66.6 Å². The molecule has 0 aliphatic carbocycles. The molecule has 7 nitrogen and oxygen atoms in total. The Morgan fingerprint density at radius 2 is 1.82 bits per heavy atom. The molecule has 0 N–H and O–H groups in total. The first-order chi connectivity index (χ1) is 15.7. The molecule has 0 atom stereocenters. The Labute approximate surface area is 215 Å². The Balaban J connectivity index is 0.00000408. The highest BCUT2D eigenvalue weighted by molar-refractivity contribution is 7.99. The monoisotopic (exact) mass is 543 g/mol. The molecular weight excluding hydrogens is 514 g/mol. The van der Waals surface area contributed by atoms with Crippen LogP contribution in [0.4, 0.5) is 5.13 Å². The summed E-state index contributed by atoms with van der Waals surface area (Å²) in [6, 6.07) is 13.0. The van der Waals surface area contributed by atoms with Crippen LogP contribution in [0.2, 0.25) is 0 Å². The maximum absolute atomic E-state index is 13.1. The number of carbonyl (C=O) groups excluding carboxylic acids is 1. The zero-order valence-corrected chi connectivity index (χ0v) is 23.0. The highest BCUT2D eigenvalue weighted by atomic mass is 35.5. The Kier molecular flexibility index (Phi) is 10.6. The summed E-state index contributed by atoms with van der Waals surface area (Å²) in [5.74, 6) is 1.63. The van der Waals surface area contributed by atoms with Crippen molar-refractivity contribution in [1.29, 1.82) is 0 Å². The fourth-order valence-corrected chi connectivity index (χ4v) is 5.96. The molecule has 0 fully saturated rings. The molecule has 11 heteroatoms. The first-order valence-corrected chi connectivity index (χ1v) is 14.2. The minimum atomic E-state index is -3.41. The van der Waals surface area contributed by atoms with Crippen LogP contribution in [0.1, 0.15) is 12.8 Å². The number of thiazole rings is 1. The third-order valence-electron chi connectivity index (χ3n) is 4.94. The molecule has 1 aromatic heterocycles. The number of thioether (sulfide) groups is 1. The predicted molar refractivity (Wildman–Crippen MR) is 144 cm³/mol. The van der Waals surface area contributed by atoms with Gasteiger partial charge in [-0.3, -0.25) is 9.69 Å². The SMILES string of the molecule is COc1ccc(SCCCC(=O)N(CCN(C)C)c2nc3c(S(C)(=O)=O)cccc3s2)cc1.Cl. The smallest absolute Gasteiger partial charge is 0.228 e. The van der Waals surface area contributed by atoms with Gasteiger partial charge < -0.3 is 9.64 Å². The van der Waals surface area contributed by atoms with E-state index >= 15 is 0 Å². The summed E-state index contributed by atoms with van der Waals surface area (Å²) in [6.07, 6.45) is 2.30. The van der Waals surface area contributed by atoms with Crippen molar-refractivity contribution in [3.8, 4) is 5.75 Å². The van der Waals surface area contributed by atoms with Gasteiger partial charge in [-0.25, -0.2) is 13.4 Å². The van der Waals surface area contributed by atoms with Crippen molar-refractivity contribution in [1.82, 2.24) is 9.88 Å². The number of rotatable bonds is 11. The highest BCUT2D eigenvalue weighted by Gasteiger charge is 2.22. The average Bonchev–Trinajstić information content (AvgIpc) is 3.20. The van der Waals surface area contributed by atoms with Crippen LogP contribution in [-0.4, -0.2) is 70.5 Å². The molecule has 0 bridgehead atoms. The predicted octanol–water partition coefficient (Wildman–Crippen LogP) is 4.60. The molecule has 0 unspecified atom stereocenters. The summed E-state index contributed by atoms with van der Waals surface area (Å²) in [4.78, 5) is 22.7. The zero-order chi connectivity index (χ0) is 24.0. The van der Waals surface area contributed by atoms with Crippen molar-refractivity contribution in [2.45, 2.75) is 22.6 Å². The molecule has 1 amide bonds. The summed E-state index contributed by atoms with van der Waals surface area (Å²) in [6.45, 7) is 1.17. The van der Waals surface area contributed by atoms with Gasteiger partial charge in [0.25, 0.3) is 0 Å². The number of ether oxygens (including phenoxy) is 1. The molecule has 34 heavy (non-hydrogen) atoms. The summed E-state index contributed by atoms with van der Waals surface area (Å²) in [7, 11) is 2.13. The van der Waals surface area contributed by atoms with Gasteiger partial charge in [0.05, 0.1) is 16.7 Å². The van der Waals surface area contributed by atoms with Gasteiger partial charge in [-0.15, -0.1) is 24.2 Å². The molecule has 0 aliphatic rings. The standard InChI is InChI=1S/C23H29N3O4S3.ClH/c1-25(2)14-15-26(21(27)9-6-16-31-18-12-10-17(30-3)11-13-18)23-24-22-19(32-23)7-5-8-20(22)33(4,28)29;/h5,7-8,10-13H,6,9,14-16H2,1-4H3;1H. The van der Waals surface area contributed by atoms with Crippen LogP contribution in [-0.2, 0) is 14.6 Å². The van der Waals surface area contributed by atoms with E-state index in [1.165, 1.54) is 17.6 Å². The van der Waals surface area contributed by atoms with Crippen molar-refractivity contribution < 1.29 is 17.9 Å². The number of hydrogen-bond donors (Lipinski definition) is 0. The number of hydrogen-bond acceptors (Lipinski definition) is 8. The minimum Gasteiger partial charge on any atom is -0.497 e. The normalized spacial score (nSPS) is 11.4. The first-order valence-electron chi connectivity index (χ1n) is 10.5. The topological polar surface area (TPSA) is 79.8 Å². The average molecular weight is 544 g/mol. The number of methoxy groups -OCH3 is 1. The van der Waals surface area contributed by atoms with Crippen LogP contribution in [0.3, 0.4) is 0 Å². The van der Waals surface area contributed by atoms with E-state index in [0.717, 1.165) is 27.5 Å². The second kappa shape index (κ2) is 12.7. The van der Waals surface area contributed by atoms with Gasteiger partial charge in [0.2, 0.25) is 5.91 Å². The molecule has 0 spiro atoms. The summed E-state index contributed by atoms with van der Waals surface area (Å²) in [5.41, 5.74) is 0.428. The summed E-state index contributed by atoms with van der Waals surface area (Å²) < 4.78 is 30.3. The molecule has 0 aliphatic heterocycles. The third kappa shape index (κ3) is 7.58. The third-order valence-corrected chi connectivity index (χ3v) is 8.21. The number of carbonyl (C=O) groups is 1. The molecule has 2 aromatic carbocycles. The number of benzene rings is 2. The lowest BCUT2D eigenvalue weighted by atomic mass is 10.3. The van der Waals surface area contributed by atoms with Crippen LogP contribution in [0.25, 0.3) is 10.2 Å². The van der Waals surface area contributed by atoms with Crippen molar-refractivity contribution in [2.75, 3.05) is 51.2 Å². The summed E-state index contributed by atoms with van der Waals surface area (Å²) >= 11 is 3.05. The number of amides is 1. The second-order valence-corrected chi connectivity index (χ2v) is 12.0. The van der Waals surface area contributed by atoms with E-state index in [2.05, 4.69) is 4.98 Å². The fourth-order valence-electron chi connectivity index (χ4n) is 3.17. The zero-order valence-electron chi connectivity index (χ0n) is 19.7. The number of aromatic nitrogens is 1. The van der Waals surface area contributed by atoms with Crippen LogP contribution < -0.4 is 9.64 Å². The Morgan fingerprint density at radius 1 is 1.12 bits per heavy atom. The lowest BCUT2D eigenvalue weighted by Crippen LogP contribution is -2.36. The van der Waals surface area contributed by atoms with Crippen LogP contribution in [0.5, 0.6) is 5.75 Å². The Morgan fingerprint density at radius 3 is 2.44 bits per heavy atom. The van der Waals surface area contributed by atoms with E-state index in [-0.39, 0.29) is 23.2 Å². The second-order valence-electron chi connectivity index (χ2n) is 7.85. The molecular formula is C23H30ClN3O4S3. The van der Waals surface area contributed by atoms with Gasteiger partial charge in [0.15, 0.2) is 15.0 Å². The Bertz CT molecular complexity index is 1200.